The van der Waals surface area contributed by atoms with Gasteiger partial charge in [-0.1, -0.05) is 35.9 Å². The van der Waals surface area contributed by atoms with E-state index in [9.17, 15) is 13.2 Å². The number of amides is 1. The Hall–Kier alpha value is -3.07. The first kappa shape index (κ1) is 24.1. The maximum Gasteiger partial charge on any atom is 0.262 e. The standard InChI is InChI=1S/C25H25ClN2O5S/c1-2-32-21-9-7-20(8-10-21)27-25(29)17-33-24-12-11-22(15-23(24)26)34(30,31)28-14-13-18-5-3-4-6-19(18)16-28/h3-12,15H,2,13-14,16-17H2,1H3,(H,27,29). The van der Waals surface area contributed by atoms with Crippen molar-refractivity contribution in [3.8, 4) is 11.5 Å². The topological polar surface area (TPSA) is 84.9 Å². The fourth-order valence-corrected chi connectivity index (χ4v) is 5.47. The second-order valence-corrected chi connectivity index (χ2v) is 10.1. The van der Waals surface area contributed by atoms with E-state index in [2.05, 4.69) is 5.32 Å². The first-order chi connectivity index (χ1) is 16.4. The normalized spacial score (nSPS) is 13.7. The molecule has 0 aromatic heterocycles. The van der Waals surface area contributed by atoms with E-state index < -0.39 is 10.0 Å². The number of fused-ring (bicyclic) bond motifs is 1. The Bertz CT molecular complexity index is 1280. The number of nitrogens with zero attached hydrogens (tertiary/aromatic N) is 1. The second-order valence-electron chi connectivity index (χ2n) is 7.74. The van der Waals surface area contributed by atoms with Gasteiger partial charge in [0.15, 0.2) is 6.61 Å². The molecule has 0 fully saturated rings. The average Bonchev–Trinajstić information content (AvgIpc) is 2.84. The van der Waals surface area contributed by atoms with Gasteiger partial charge in [0, 0.05) is 18.8 Å². The predicted molar refractivity (Wildman–Crippen MR) is 131 cm³/mol. The van der Waals surface area contributed by atoms with E-state index in [0.29, 0.717) is 37.6 Å². The van der Waals surface area contributed by atoms with Crippen LogP contribution in [0.1, 0.15) is 18.1 Å². The molecular weight excluding hydrogens is 476 g/mol. The van der Waals surface area contributed by atoms with Crippen LogP contribution in [0, 0.1) is 0 Å². The molecule has 1 heterocycles. The summed E-state index contributed by atoms with van der Waals surface area (Å²) in [4.78, 5) is 12.3. The van der Waals surface area contributed by atoms with Crippen molar-refractivity contribution >= 4 is 33.2 Å². The van der Waals surface area contributed by atoms with Gasteiger partial charge in [0.25, 0.3) is 5.91 Å². The number of hydrogen-bond acceptors (Lipinski definition) is 5. The first-order valence-electron chi connectivity index (χ1n) is 10.9. The zero-order valence-corrected chi connectivity index (χ0v) is 20.2. The summed E-state index contributed by atoms with van der Waals surface area (Å²) in [7, 11) is -3.72. The maximum absolute atomic E-state index is 13.1. The number of ether oxygens (including phenoxy) is 2. The van der Waals surface area contributed by atoms with Crippen LogP contribution < -0.4 is 14.8 Å². The Morgan fingerprint density at radius 1 is 1.03 bits per heavy atom. The molecule has 0 aliphatic carbocycles. The van der Waals surface area contributed by atoms with Gasteiger partial charge in [0.05, 0.1) is 16.5 Å². The monoisotopic (exact) mass is 500 g/mol. The lowest BCUT2D eigenvalue weighted by molar-refractivity contribution is -0.118. The zero-order chi connectivity index (χ0) is 24.1. The molecule has 9 heteroatoms. The van der Waals surface area contributed by atoms with Gasteiger partial charge in [-0.15, -0.1) is 0 Å². The summed E-state index contributed by atoms with van der Waals surface area (Å²) in [6.07, 6.45) is 0.661. The number of nitrogens with one attached hydrogen (secondary N) is 1. The van der Waals surface area contributed by atoms with Crippen LogP contribution in [0.3, 0.4) is 0 Å². The molecule has 0 radical (unpaired) electrons. The van der Waals surface area contributed by atoms with Crippen LogP contribution >= 0.6 is 11.6 Å². The molecule has 1 amide bonds. The SMILES string of the molecule is CCOc1ccc(NC(=O)COc2ccc(S(=O)(=O)N3CCc4ccccc4C3)cc2Cl)cc1. The lowest BCUT2D eigenvalue weighted by Crippen LogP contribution is -2.35. The molecule has 0 spiro atoms. The number of carbonyl (C=O) groups is 1. The Labute approximate surface area is 204 Å². The summed E-state index contributed by atoms with van der Waals surface area (Å²) >= 11 is 6.29. The summed E-state index contributed by atoms with van der Waals surface area (Å²) in [5, 5.41) is 2.84. The zero-order valence-electron chi connectivity index (χ0n) is 18.7. The van der Waals surface area contributed by atoms with Crippen molar-refractivity contribution in [1.29, 1.82) is 0 Å². The number of hydrogen-bond donors (Lipinski definition) is 1. The molecule has 0 atom stereocenters. The maximum atomic E-state index is 13.1. The van der Waals surface area contributed by atoms with Gasteiger partial charge < -0.3 is 14.8 Å². The minimum atomic E-state index is -3.72. The fraction of sp³-hybridized carbons (Fsp3) is 0.240. The van der Waals surface area contributed by atoms with Crippen LogP contribution in [0.4, 0.5) is 5.69 Å². The van der Waals surface area contributed by atoms with E-state index in [4.69, 9.17) is 21.1 Å². The minimum absolute atomic E-state index is 0.0862. The number of carbonyl (C=O) groups excluding carboxylic acids is 1. The van der Waals surface area contributed by atoms with Gasteiger partial charge >= 0.3 is 0 Å². The van der Waals surface area contributed by atoms with Crippen molar-refractivity contribution in [2.24, 2.45) is 0 Å². The van der Waals surface area contributed by atoms with Gasteiger partial charge in [-0.2, -0.15) is 4.31 Å². The molecule has 7 nitrogen and oxygen atoms in total. The number of halogens is 1. The van der Waals surface area contributed by atoms with E-state index in [1.54, 1.807) is 24.3 Å². The quantitative estimate of drug-likeness (QED) is 0.492. The van der Waals surface area contributed by atoms with Crippen molar-refractivity contribution in [3.05, 3.63) is 82.9 Å². The molecule has 0 saturated heterocycles. The summed E-state index contributed by atoms with van der Waals surface area (Å²) in [6.45, 7) is 2.91. The summed E-state index contributed by atoms with van der Waals surface area (Å²) in [5.41, 5.74) is 2.77. The van der Waals surface area contributed by atoms with Crippen LogP contribution in [0.15, 0.2) is 71.6 Å². The van der Waals surface area contributed by atoms with Gasteiger partial charge in [0.1, 0.15) is 11.5 Å². The molecule has 4 rings (SSSR count). The molecule has 3 aromatic carbocycles. The largest absolute Gasteiger partial charge is 0.494 e. The first-order valence-corrected chi connectivity index (χ1v) is 12.7. The molecule has 34 heavy (non-hydrogen) atoms. The number of anilines is 1. The van der Waals surface area contributed by atoms with E-state index in [1.165, 1.54) is 28.1 Å². The van der Waals surface area contributed by atoms with Crippen molar-refractivity contribution in [2.45, 2.75) is 24.8 Å². The molecule has 1 N–H and O–H groups in total. The number of sulfonamides is 1. The third-order valence-electron chi connectivity index (χ3n) is 5.44. The molecule has 0 saturated carbocycles. The second kappa shape index (κ2) is 10.5. The lowest BCUT2D eigenvalue weighted by atomic mass is 10.0. The number of rotatable bonds is 8. The summed E-state index contributed by atoms with van der Waals surface area (Å²) in [6, 6.07) is 19.1. The van der Waals surface area contributed by atoms with E-state index in [1.807, 2.05) is 31.2 Å². The molecule has 1 aliphatic heterocycles. The fourth-order valence-electron chi connectivity index (χ4n) is 3.72. The highest BCUT2D eigenvalue weighted by Crippen LogP contribution is 2.31. The summed E-state index contributed by atoms with van der Waals surface area (Å²) < 4.78 is 38.6. The van der Waals surface area contributed by atoms with Gasteiger partial charge in [-0.25, -0.2) is 8.42 Å². The van der Waals surface area contributed by atoms with Crippen molar-refractivity contribution in [2.75, 3.05) is 25.1 Å². The Balaban J connectivity index is 1.37. The van der Waals surface area contributed by atoms with Crippen LogP contribution in [-0.2, 0) is 27.8 Å². The van der Waals surface area contributed by atoms with Crippen LogP contribution in [0.25, 0.3) is 0 Å². The van der Waals surface area contributed by atoms with E-state index in [0.717, 1.165) is 5.56 Å². The van der Waals surface area contributed by atoms with Crippen molar-refractivity contribution in [1.82, 2.24) is 4.31 Å². The highest BCUT2D eigenvalue weighted by atomic mass is 35.5. The molecular formula is C25H25ClN2O5S. The highest BCUT2D eigenvalue weighted by molar-refractivity contribution is 7.89. The third-order valence-corrected chi connectivity index (χ3v) is 7.58. The van der Waals surface area contributed by atoms with Crippen LogP contribution in [-0.4, -0.2) is 38.4 Å². The number of benzene rings is 3. The molecule has 3 aromatic rings. The Morgan fingerprint density at radius 2 is 1.76 bits per heavy atom. The summed E-state index contributed by atoms with van der Waals surface area (Å²) in [5.74, 6) is 0.572. The van der Waals surface area contributed by atoms with Crippen molar-refractivity contribution in [3.63, 3.8) is 0 Å². The Kier molecular flexibility index (Phi) is 7.41. The average molecular weight is 501 g/mol. The molecule has 0 unspecified atom stereocenters. The van der Waals surface area contributed by atoms with Gasteiger partial charge in [-0.05, 0) is 66.9 Å². The minimum Gasteiger partial charge on any atom is -0.494 e. The third kappa shape index (κ3) is 5.52. The molecule has 178 valence electrons. The molecule has 1 aliphatic rings. The Morgan fingerprint density at radius 3 is 2.47 bits per heavy atom. The van der Waals surface area contributed by atoms with E-state index in [-0.39, 0.29) is 28.2 Å². The van der Waals surface area contributed by atoms with E-state index >= 15 is 0 Å². The van der Waals surface area contributed by atoms with Gasteiger partial charge in [0.2, 0.25) is 10.0 Å². The van der Waals surface area contributed by atoms with Crippen LogP contribution in [0.2, 0.25) is 5.02 Å². The highest BCUT2D eigenvalue weighted by Gasteiger charge is 2.28. The lowest BCUT2D eigenvalue weighted by Gasteiger charge is -2.28. The van der Waals surface area contributed by atoms with Crippen molar-refractivity contribution < 1.29 is 22.7 Å². The van der Waals surface area contributed by atoms with Crippen LogP contribution in [0.5, 0.6) is 11.5 Å². The smallest absolute Gasteiger partial charge is 0.262 e. The van der Waals surface area contributed by atoms with Gasteiger partial charge in [-0.3, -0.25) is 4.79 Å². The molecule has 0 bridgehead atoms. The predicted octanol–water partition coefficient (Wildman–Crippen LogP) is 4.50.